The molecule has 1 atom stereocenters. The van der Waals surface area contributed by atoms with E-state index in [0.717, 1.165) is 0 Å². The molecule has 0 spiro atoms. The zero-order chi connectivity index (χ0) is 11.4. The highest BCUT2D eigenvalue weighted by Gasteiger charge is 2.16. The van der Waals surface area contributed by atoms with Crippen LogP contribution in [0, 0.1) is 5.41 Å². The van der Waals surface area contributed by atoms with Crippen LogP contribution in [-0.4, -0.2) is 17.0 Å². The van der Waals surface area contributed by atoms with E-state index in [4.69, 9.17) is 16.2 Å². The highest BCUT2D eigenvalue weighted by Crippen LogP contribution is 2.24. The molecule has 1 aromatic rings. The fourth-order valence-corrected chi connectivity index (χ4v) is 1.27. The first-order valence-electron chi connectivity index (χ1n) is 4.45. The van der Waals surface area contributed by atoms with E-state index >= 15 is 0 Å². The number of rotatable bonds is 3. The Morgan fingerprint density at radius 1 is 1.53 bits per heavy atom. The Bertz CT molecular complexity index is 390. The van der Waals surface area contributed by atoms with Crippen molar-refractivity contribution >= 4 is 17.6 Å². The third kappa shape index (κ3) is 2.70. The summed E-state index contributed by atoms with van der Waals surface area (Å²) in [5.41, 5.74) is 6.36. The Morgan fingerprint density at radius 3 is 2.67 bits per heavy atom. The third-order valence-electron chi connectivity index (χ3n) is 2.07. The van der Waals surface area contributed by atoms with Crippen molar-refractivity contribution in [2.75, 3.05) is 5.32 Å². The number of anilines is 1. The van der Waals surface area contributed by atoms with Gasteiger partial charge in [0.25, 0.3) is 0 Å². The maximum absolute atomic E-state index is 10.8. The number of nitrogens with two attached hydrogens (primary N) is 1. The molecule has 0 saturated carbocycles. The maximum atomic E-state index is 10.8. The zero-order valence-electron chi connectivity index (χ0n) is 8.32. The molecule has 0 fully saturated rings. The van der Waals surface area contributed by atoms with Crippen LogP contribution in [-0.2, 0) is 4.79 Å². The monoisotopic (exact) mass is 207 g/mol. The first-order chi connectivity index (χ1) is 7.02. The summed E-state index contributed by atoms with van der Waals surface area (Å²) in [6, 6.07) is 6.89. The van der Waals surface area contributed by atoms with Crippen molar-refractivity contribution in [2.24, 2.45) is 5.73 Å². The fraction of sp³-hybridized carbons (Fsp3) is 0.200. The van der Waals surface area contributed by atoms with E-state index in [2.05, 4.69) is 5.32 Å². The van der Waals surface area contributed by atoms with Crippen molar-refractivity contribution < 1.29 is 9.90 Å². The molecule has 0 saturated heterocycles. The number of hydrogen-bond donors (Lipinski definition) is 4. The van der Waals surface area contributed by atoms with Crippen molar-refractivity contribution in [2.45, 2.75) is 12.8 Å². The number of carboxylic acids is 1. The second kappa shape index (κ2) is 4.45. The molecular weight excluding hydrogens is 194 g/mol. The predicted molar refractivity (Wildman–Crippen MR) is 58.0 cm³/mol. The van der Waals surface area contributed by atoms with Gasteiger partial charge in [0.1, 0.15) is 0 Å². The number of carbonyl (C=O) groups is 1. The van der Waals surface area contributed by atoms with Crippen LogP contribution in [0.2, 0.25) is 0 Å². The van der Waals surface area contributed by atoms with Gasteiger partial charge in [-0.2, -0.15) is 0 Å². The number of benzene rings is 1. The van der Waals surface area contributed by atoms with Crippen molar-refractivity contribution in [3.05, 3.63) is 29.8 Å². The molecule has 0 aromatic heterocycles. The summed E-state index contributed by atoms with van der Waals surface area (Å²) in [4.78, 5) is 10.8. The first kappa shape index (κ1) is 11.0. The summed E-state index contributed by atoms with van der Waals surface area (Å²) in [5, 5.41) is 18.6. The SMILES string of the molecule is CC(C(=O)O)c1ccccc1NC(=N)N. The van der Waals surface area contributed by atoms with Gasteiger partial charge in [-0.3, -0.25) is 10.2 Å². The average Bonchev–Trinajstić information content (AvgIpc) is 2.16. The van der Waals surface area contributed by atoms with Gasteiger partial charge >= 0.3 is 5.97 Å². The van der Waals surface area contributed by atoms with Gasteiger partial charge in [-0.25, -0.2) is 0 Å². The van der Waals surface area contributed by atoms with Crippen LogP contribution in [0.3, 0.4) is 0 Å². The highest BCUT2D eigenvalue weighted by molar-refractivity contribution is 5.92. The number of guanidine groups is 1. The van der Waals surface area contributed by atoms with E-state index in [-0.39, 0.29) is 5.96 Å². The quantitative estimate of drug-likeness (QED) is 0.441. The molecule has 1 unspecified atom stereocenters. The molecule has 5 nitrogen and oxygen atoms in total. The van der Waals surface area contributed by atoms with Gasteiger partial charge in [-0.05, 0) is 18.6 Å². The molecule has 0 heterocycles. The van der Waals surface area contributed by atoms with Gasteiger partial charge in [0, 0.05) is 5.69 Å². The molecule has 0 aliphatic rings. The van der Waals surface area contributed by atoms with E-state index < -0.39 is 11.9 Å². The van der Waals surface area contributed by atoms with Crippen LogP contribution in [0.4, 0.5) is 5.69 Å². The minimum absolute atomic E-state index is 0.208. The molecule has 5 heteroatoms. The molecule has 0 aliphatic carbocycles. The Hall–Kier alpha value is -2.04. The second-order valence-electron chi connectivity index (χ2n) is 3.19. The summed E-state index contributed by atoms with van der Waals surface area (Å²) in [6.45, 7) is 1.59. The summed E-state index contributed by atoms with van der Waals surface area (Å²) in [6.07, 6.45) is 0. The van der Waals surface area contributed by atoms with Gasteiger partial charge in [-0.15, -0.1) is 0 Å². The largest absolute Gasteiger partial charge is 0.481 e. The van der Waals surface area contributed by atoms with Gasteiger partial charge < -0.3 is 16.2 Å². The van der Waals surface area contributed by atoms with Gasteiger partial charge in [0.2, 0.25) is 0 Å². The Morgan fingerprint density at radius 2 is 2.13 bits per heavy atom. The number of aliphatic carboxylic acids is 1. The predicted octanol–water partition coefficient (Wildman–Crippen LogP) is 1.18. The Kier molecular flexibility index (Phi) is 3.28. The van der Waals surface area contributed by atoms with Crippen LogP contribution in [0.1, 0.15) is 18.4 Å². The molecule has 0 radical (unpaired) electrons. The Balaban J connectivity index is 3.05. The number of carboxylic acid groups (broad SMARTS) is 1. The molecule has 5 N–H and O–H groups in total. The standard InChI is InChI=1S/C10H13N3O2/c1-6(9(14)15)7-4-2-3-5-8(7)13-10(11)12/h2-6H,1H3,(H,14,15)(H4,11,12,13). The lowest BCUT2D eigenvalue weighted by Gasteiger charge is -2.13. The fourth-order valence-electron chi connectivity index (χ4n) is 1.27. The number of nitrogens with one attached hydrogen (secondary N) is 2. The minimum atomic E-state index is -0.909. The van der Waals surface area contributed by atoms with Crippen molar-refractivity contribution in [1.29, 1.82) is 5.41 Å². The minimum Gasteiger partial charge on any atom is -0.481 e. The molecule has 15 heavy (non-hydrogen) atoms. The summed E-state index contributed by atoms with van der Waals surface area (Å²) in [5.74, 6) is -1.75. The van der Waals surface area contributed by atoms with Crippen molar-refractivity contribution in [1.82, 2.24) is 0 Å². The number of para-hydroxylation sites is 1. The van der Waals surface area contributed by atoms with Crippen molar-refractivity contribution in [3.63, 3.8) is 0 Å². The van der Waals surface area contributed by atoms with Gasteiger partial charge in [0.15, 0.2) is 5.96 Å². The summed E-state index contributed by atoms with van der Waals surface area (Å²) >= 11 is 0. The molecule has 80 valence electrons. The molecular formula is C10H13N3O2. The molecule has 1 aromatic carbocycles. The van der Waals surface area contributed by atoms with Crippen LogP contribution < -0.4 is 11.1 Å². The zero-order valence-corrected chi connectivity index (χ0v) is 8.32. The van der Waals surface area contributed by atoms with Gasteiger partial charge in [-0.1, -0.05) is 18.2 Å². The van der Waals surface area contributed by atoms with Gasteiger partial charge in [0.05, 0.1) is 5.92 Å². The third-order valence-corrected chi connectivity index (χ3v) is 2.07. The van der Waals surface area contributed by atoms with E-state index in [1.54, 1.807) is 31.2 Å². The maximum Gasteiger partial charge on any atom is 0.310 e. The topological polar surface area (TPSA) is 99.2 Å². The smallest absolute Gasteiger partial charge is 0.310 e. The van der Waals surface area contributed by atoms with E-state index in [1.807, 2.05) is 0 Å². The van der Waals surface area contributed by atoms with E-state index in [0.29, 0.717) is 11.3 Å². The van der Waals surface area contributed by atoms with Crippen molar-refractivity contribution in [3.8, 4) is 0 Å². The van der Waals surface area contributed by atoms with Crippen LogP contribution in [0.15, 0.2) is 24.3 Å². The summed E-state index contributed by atoms with van der Waals surface area (Å²) in [7, 11) is 0. The van der Waals surface area contributed by atoms with Crippen LogP contribution >= 0.6 is 0 Å². The van der Waals surface area contributed by atoms with E-state index in [9.17, 15) is 4.79 Å². The summed E-state index contributed by atoms with van der Waals surface area (Å²) < 4.78 is 0. The Labute approximate surface area is 87.4 Å². The molecule has 0 bridgehead atoms. The second-order valence-corrected chi connectivity index (χ2v) is 3.19. The molecule has 0 amide bonds. The lowest BCUT2D eigenvalue weighted by Crippen LogP contribution is -2.22. The lowest BCUT2D eigenvalue weighted by molar-refractivity contribution is -0.138. The first-order valence-corrected chi connectivity index (χ1v) is 4.45. The lowest BCUT2D eigenvalue weighted by atomic mass is 9.99. The van der Waals surface area contributed by atoms with Crippen LogP contribution in [0.5, 0.6) is 0 Å². The molecule has 1 rings (SSSR count). The van der Waals surface area contributed by atoms with E-state index in [1.165, 1.54) is 0 Å². The highest BCUT2D eigenvalue weighted by atomic mass is 16.4. The number of hydrogen-bond acceptors (Lipinski definition) is 2. The molecule has 0 aliphatic heterocycles. The van der Waals surface area contributed by atoms with Crippen LogP contribution in [0.25, 0.3) is 0 Å². The average molecular weight is 207 g/mol. The normalized spacial score (nSPS) is 11.8.